The molecule has 1 N–H and O–H groups in total. The first-order chi connectivity index (χ1) is 9.97. The van der Waals surface area contributed by atoms with Crippen molar-refractivity contribution in [2.75, 3.05) is 6.54 Å². The molecule has 0 fully saturated rings. The Kier molecular flexibility index (Phi) is 5.58. The van der Waals surface area contributed by atoms with E-state index in [-0.39, 0.29) is 12.5 Å². The number of carbonyl (C=O) groups excluding carboxylic acids is 1. The molecule has 8 heteroatoms. The van der Waals surface area contributed by atoms with E-state index < -0.39 is 0 Å². The molecule has 0 saturated heterocycles. The van der Waals surface area contributed by atoms with Crippen LogP contribution in [-0.2, 0) is 17.9 Å². The van der Waals surface area contributed by atoms with Crippen molar-refractivity contribution >= 4 is 37.8 Å². The molecule has 2 rings (SSSR count). The lowest BCUT2D eigenvalue weighted by Crippen LogP contribution is -2.29. The second-order valence-electron chi connectivity index (χ2n) is 4.77. The largest absolute Gasteiger partial charge is 0.354 e. The van der Waals surface area contributed by atoms with Crippen LogP contribution in [-0.4, -0.2) is 32.0 Å². The Morgan fingerprint density at radius 1 is 1.38 bits per heavy atom. The van der Waals surface area contributed by atoms with Crippen molar-refractivity contribution in [1.82, 2.24) is 24.9 Å². The average Bonchev–Trinajstić information content (AvgIpc) is 2.94. The summed E-state index contributed by atoms with van der Waals surface area (Å²) in [4.78, 5) is 11.7. The van der Waals surface area contributed by atoms with Gasteiger partial charge in [-0.2, -0.15) is 10.2 Å². The molecule has 0 aliphatic heterocycles. The summed E-state index contributed by atoms with van der Waals surface area (Å²) in [5.74, 6) is -0.0415. The molecule has 0 aliphatic rings. The molecule has 0 aliphatic carbocycles. The Hall–Kier alpha value is -1.15. The predicted octanol–water partition coefficient (Wildman–Crippen LogP) is 2.43. The minimum atomic E-state index is -0.0415. The topological polar surface area (TPSA) is 64.7 Å². The van der Waals surface area contributed by atoms with E-state index in [1.807, 2.05) is 18.5 Å². The molecule has 2 aromatic heterocycles. The number of aryl methyl sites for hydroxylation is 2. The molecule has 0 spiro atoms. The van der Waals surface area contributed by atoms with Crippen LogP contribution >= 0.6 is 31.9 Å². The zero-order valence-electron chi connectivity index (χ0n) is 11.9. The molecule has 0 aromatic carbocycles. The molecule has 1 amide bonds. The van der Waals surface area contributed by atoms with Crippen LogP contribution in [0.4, 0.5) is 0 Å². The molecule has 6 nitrogen and oxygen atoms in total. The van der Waals surface area contributed by atoms with Gasteiger partial charge in [-0.15, -0.1) is 0 Å². The first-order valence-corrected chi connectivity index (χ1v) is 8.20. The predicted molar refractivity (Wildman–Crippen MR) is 87.0 cm³/mol. The van der Waals surface area contributed by atoms with Crippen LogP contribution in [0.5, 0.6) is 0 Å². The number of hydrogen-bond donors (Lipinski definition) is 1. The smallest absolute Gasteiger partial charge is 0.241 e. The van der Waals surface area contributed by atoms with Crippen molar-refractivity contribution in [2.45, 2.75) is 33.4 Å². The van der Waals surface area contributed by atoms with Crippen molar-refractivity contribution in [1.29, 1.82) is 0 Å². The summed E-state index contributed by atoms with van der Waals surface area (Å²) in [6, 6.07) is 0. The van der Waals surface area contributed by atoms with E-state index in [9.17, 15) is 4.79 Å². The van der Waals surface area contributed by atoms with Crippen LogP contribution in [0, 0.1) is 13.8 Å². The van der Waals surface area contributed by atoms with Gasteiger partial charge in [0.15, 0.2) is 0 Å². The van der Waals surface area contributed by atoms with Gasteiger partial charge in [0.1, 0.15) is 6.54 Å². The van der Waals surface area contributed by atoms with Gasteiger partial charge in [0.2, 0.25) is 5.91 Å². The Morgan fingerprint density at radius 3 is 2.71 bits per heavy atom. The highest BCUT2D eigenvalue weighted by Crippen LogP contribution is 2.19. The van der Waals surface area contributed by atoms with Gasteiger partial charge in [0.25, 0.3) is 0 Å². The van der Waals surface area contributed by atoms with Crippen molar-refractivity contribution in [3.63, 3.8) is 0 Å². The summed E-state index contributed by atoms with van der Waals surface area (Å²) in [6.07, 6.45) is 4.27. The number of rotatable bonds is 6. The molecule has 0 radical (unpaired) electrons. The highest BCUT2D eigenvalue weighted by Gasteiger charge is 2.08. The molecular weight excluding hydrogens is 402 g/mol. The van der Waals surface area contributed by atoms with Gasteiger partial charge in [-0.25, -0.2) is 0 Å². The fourth-order valence-electron chi connectivity index (χ4n) is 1.98. The summed E-state index contributed by atoms with van der Waals surface area (Å²) >= 11 is 6.80. The van der Waals surface area contributed by atoms with Crippen molar-refractivity contribution < 1.29 is 4.79 Å². The van der Waals surface area contributed by atoms with E-state index in [0.29, 0.717) is 6.54 Å². The molecule has 2 aromatic rings. The van der Waals surface area contributed by atoms with E-state index in [1.54, 1.807) is 17.1 Å². The lowest BCUT2D eigenvalue weighted by atomic mass is 10.4. The summed E-state index contributed by atoms with van der Waals surface area (Å²) in [5.41, 5.74) is 2.10. The van der Waals surface area contributed by atoms with Crippen LogP contribution < -0.4 is 5.32 Å². The third-order valence-corrected chi connectivity index (χ3v) is 4.63. The number of nitrogens with zero attached hydrogens (tertiary/aromatic N) is 4. The fourth-order valence-corrected chi connectivity index (χ4v) is 2.59. The maximum absolute atomic E-state index is 11.7. The number of amides is 1. The van der Waals surface area contributed by atoms with Gasteiger partial charge in [0, 0.05) is 25.0 Å². The average molecular weight is 419 g/mol. The van der Waals surface area contributed by atoms with E-state index in [4.69, 9.17) is 0 Å². The van der Waals surface area contributed by atoms with Crippen LogP contribution in [0.25, 0.3) is 0 Å². The molecule has 114 valence electrons. The van der Waals surface area contributed by atoms with E-state index >= 15 is 0 Å². The van der Waals surface area contributed by atoms with Crippen LogP contribution in [0.1, 0.15) is 17.8 Å². The molecule has 2 heterocycles. The first kappa shape index (κ1) is 16.2. The van der Waals surface area contributed by atoms with Crippen molar-refractivity contribution in [3.8, 4) is 0 Å². The number of carbonyl (C=O) groups is 1. The van der Waals surface area contributed by atoms with Crippen LogP contribution in [0.3, 0.4) is 0 Å². The van der Waals surface area contributed by atoms with Gasteiger partial charge in [-0.1, -0.05) is 0 Å². The highest BCUT2D eigenvalue weighted by atomic mass is 79.9. The van der Waals surface area contributed by atoms with Gasteiger partial charge < -0.3 is 5.32 Å². The first-order valence-electron chi connectivity index (χ1n) is 6.61. The SMILES string of the molecule is Cc1nn(CCCNC(=O)Cn2cc(Br)cn2)c(C)c1Br. The maximum atomic E-state index is 11.7. The highest BCUT2D eigenvalue weighted by molar-refractivity contribution is 9.10. The van der Waals surface area contributed by atoms with Gasteiger partial charge >= 0.3 is 0 Å². The molecule has 0 bridgehead atoms. The molecular formula is C13H17Br2N5O. The lowest BCUT2D eigenvalue weighted by Gasteiger charge is -2.07. The quantitative estimate of drug-likeness (QED) is 0.732. The minimum absolute atomic E-state index is 0.0415. The molecule has 0 unspecified atom stereocenters. The monoisotopic (exact) mass is 417 g/mol. The molecule has 0 atom stereocenters. The van der Waals surface area contributed by atoms with Crippen LogP contribution in [0.2, 0.25) is 0 Å². The number of hydrogen-bond acceptors (Lipinski definition) is 3. The van der Waals surface area contributed by atoms with E-state index in [1.165, 1.54) is 0 Å². The second kappa shape index (κ2) is 7.22. The zero-order chi connectivity index (χ0) is 15.4. The second-order valence-corrected chi connectivity index (χ2v) is 6.48. The van der Waals surface area contributed by atoms with E-state index in [2.05, 4.69) is 47.4 Å². The molecule has 0 saturated carbocycles. The summed E-state index contributed by atoms with van der Waals surface area (Å²) in [5, 5.41) is 11.4. The third kappa shape index (κ3) is 4.41. The number of aromatic nitrogens is 4. The Morgan fingerprint density at radius 2 is 2.14 bits per heavy atom. The normalized spacial score (nSPS) is 10.9. The van der Waals surface area contributed by atoms with Crippen LogP contribution in [0.15, 0.2) is 21.3 Å². The number of nitrogens with one attached hydrogen (secondary N) is 1. The standard InChI is InChI=1S/C13H17Br2N5O/c1-9-13(15)10(2)20(18-9)5-3-4-16-12(21)8-19-7-11(14)6-17-19/h6-7H,3-5,8H2,1-2H3,(H,16,21). The third-order valence-electron chi connectivity index (χ3n) is 3.07. The van der Waals surface area contributed by atoms with Gasteiger partial charge in [-0.3, -0.25) is 14.2 Å². The summed E-state index contributed by atoms with van der Waals surface area (Å²) in [7, 11) is 0. The molecule has 21 heavy (non-hydrogen) atoms. The number of halogens is 2. The summed E-state index contributed by atoms with van der Waals surface area (Å²) < 4.78 is 5.47. The maximum Gasteiger partial charge on any atom is 0.241 e. The van der Waals surface area contributed by atoms with E-state index in [0.717, 1.165) is 33.3 Å². The lowest BCUT2D eigenvalue weighted by molar-refractivity contribution is -0.121. The van der Waals surface area contributed by atoms with Crippen molar-refractivity contribution in [3.05, 3.63) is 32.7 Å². The minimum Gasteiger partial charge on any atom is -0.354 e. The fraction of sp³-hybridized carbons (Fsp3) is 0.462. The Balaban J connectivity index is 1.72. The zero-order valence-corrected chi connectivity index (χ0v) is 15.1. The van der Waals surface area contributed by atoms with Gasteiger partial charge in [-0.05, 0) is 52.1 Å². The van der Waals surface area contributed by atoms with Crippen molar-refractivity contribution in [2.24, 2.45) is 0 Å². The Labute approximate surface area is 140 Å². The summed E-state index contributed by atoms with van der Waals surface area (Å²) in [6.45, 7) is 5.63. The Bertz CT molecular complexity index is 635. The van der Waals surface area contributed by atoms with Gasteiger partial charge in [0.05, 0.1) is 20.8 Å².